The van der Waals surface area contributed by atoms with Crippen LogP contribution >= 0.6 is 0 Å². The second-order valence-electron chi connectivity index (χ2n) is 9.21. The lowest BCUT2D eigenvalue weighted by atomic mass is 10.1. The van der Waals surface area contributed by atoms with E-state index in [-0.39, 0.29) is 17.9 Å². The van der Waals surface area contributed by atoms with Crippen molar-refractivity contribution in [3.8, 4) is 11.5 Å². The van der Waals surface area contributed by atoms with E-state index in [1.807, 2.05) is 93.6 Å². The highest BCUT2D eigenvalue weighted by Gasteiger charge is 2.26. The zero-order valence-corrected chi connectivity index (χ0v) is 21.2. The zero-order chi connectivity index (χ0) is 25.5. The number of carbonyl (C=O) groups is 2. The summed E-state index contributed by atoms with van der Waals surface area (Å²) in [6.07, 6.45) is 0. The minimum Gasteiger partial charge on any atom is -0.457 e. The molecule has 1 saturated heterocycles. The van der Waals surface area contributed by atoms with Gasteiger partial charge in [-0.05, 0) is 74.4 Å². The van der Waals surface area contributed by atoms with Crippen LogP contribution in [-0.2, 0) is 9.59 Å². The molecule has 7 nitrogen and oxygen atoms in total. The Balaban J connectivity index is 1.22. The topological polar surface area (TPSA) is 73.9 Å². The van der Waals surface area contributed by atoms with Crippen LogP contribution in [0.3, 0.4) is 0 Å². The summed E-state index contributed by atoms with van der Waals surface area (Å²) in [5.74, 6) is 1.42. The van der Waals surface area contributed by atoms with E-state index in [1.165, 1.54) is 0 Å². The van der Waals surface area contributed by atoms with Crippen LogP contribution in [0.25, 0.3) is 0 Å². The van der Waals surface area contributed by atoms with E-state index in [4.69, 9.17) is 4.74 Å². The highest BCUT2D eigenvalue weighted by Crippen LogP contribution is 2.23. The predicted molar refractivity (Wildman–Crippen MR) is 144 cm³/mol. The summed E-state index contributed by atoms with van der Waals surface area (Å²) in [5, 5.41) is 6.02. The zero-order valence-electron chi connectivity index (χ0n) is 21.2. The van der Waals surface area contributed by atoms with Crippen molar-refractivity contribution in [2.24, 2.45) is 0 Å². The van der Waals surface area contributed by atoms with Gasteiger partial charge in [0.1, 0.15) is 11.5 Å². The maximum atomic E-state index is 12.8. The van der Waals surface area contributed by atoms with Crippen molar-refractivity contribution in [1.82, 2.24) is 9.80 Å². The fraction of sp³-hybridized carbons (Fsp3) is 0.310. The molecular formula is C29H34N4O3. The lowest BCUT2D eigenvalue weighted by Crippen LogP contribution is -2.53. The third-order valence-electron chi connectivity index (χ3n) is 6.68. The normalized spacial score (nSPS) is 15.2. The molecule has 1 fully saturated rings. The highest BCUT2D eigenvalue weighted by molar-refractivity contribution is 5.94. The van der Waals surface area contributed by atoms with E-state index >= 15 is 0 Å². The van der Waals surface area contributed by atoms with Crippen molar-refractivity contribution in [3.05, 3.63) is 83.9 Å². The van der Waals surface area contributed by atoms with Crippen LogP contribution in [0.5, 0.6) is 11.5 Å². The number of anilines is 2. The van der Waals surface area contributed by atoms with Crippen molar-refractivity contribution in [1.29, 1.82) is 0 Å². The molecule has 2 amide bonds. The van der Waals surface area contributed by atoms with Gasteiger partial charge in [0.15, 0.2) is 0 Å². The van der Waals surface area contributed by atoms with Gasteiger partial charge in [-0.15, -0.1) is 0 Å². The largest absolute Gasteiger partial charge is 0.457 e. The van der Waals surface area contributed by atoms with Crippen molar-refractivity contribution < 1.29 is 14.3 Å². The van der Waals surface area contributed by atoms with Crippen molar-refractivity contribution in [2.75, 3.05) is 43.4 Å². The molecule has 0 aromatic heterocycles. The van der Waals surface area contributed by atoms with Gasteiger partial charge in [-0.2, -0.15) is 0 Å². The molecule has 1 heterocycles. The third kappa shape index (κ3) is 6.71. The summed E-state index contributed by atoms with van der Waals surface area (Å²) in [6, 6.07) is 22.6. The second kappa shape index (κ2) is 11.8. The number of carbonyl (C=O) groups excluding carboxylic acids is 2. The van der Waals surface area contributed by atoms with Gasteiger partial charge < -0.3 is 15.4 Å². The molecule has 4 rings (SSSR count). The van der Waals surface area contributed by atoms with Gasteiger partial charge >= 0.3 is 0 Å². The minimum atomic E-state index is -0.267. The highest BCUT2D eigenvalue weighted by atomic mass is 16.5. The first-order valence-electron chi connectivity index (χ1n) is 12.4. The van der Waals surface area contributed by atoms with E-state index in [1.54, 1.807) is 0 Å². The Kier molecular flexibility index (Phi) is 8.36. The first-order chi connectivity index (χ1) is 17.4. The molecule has 2 N–H and O–H groups in total. The molecule has 188 valence electrons. The number of ether oxygens (including phenoxy) is 1. The number of para-hydroxylation sites is 1. The van der Waals surface area contributed by atoms with Crippen molar-refractivity contribution in [3.63, 3.8) is 0 Å². The molecule has 0 aliphatic carbocycles. The molecule has 0 spiro atoms. The van der Waals surface area contributed by atoms with Crippen LogP contribution in [-0.4, -0.2) is 60.4 Å². The van der Waals surface area contributed by atoms with Crippen LogP contribution < -0.4 is 15.4 Å². The van der Waals surface area contributed by atoms with Gasteiger partial charge in [0.25, 0.3) is 0 Å². The van der Waals surface area contributed by atoms with Crippen LogP contribution in [0.4, 0.5) is 11.4 Å². The van der Waals surface area contributed by atoms with Crippen LogP contribution in [0, 0.1) is 13.8 Å². The molecular weight excluding hydrogens is 452 g/mol. The molecule has 1 atom stereocenters. The molecule has 3 aromatic carbocycles. The Morgan fingerprint density at radius 2 is 1.50 bits per heavy atom. The molecule has 1 aliphatic rings. The lowest BCUT2D eigenvalue weighted by Gasteiger charge is -2.37. The van der Waals surface area contributed by atoms with Gasteiger partial charge in [-0.3, -0.25) is 19.4 Å². The molecule has 0 saturated carbocycles. The van der Waals surface area contributed by atoms with Crippen molar-refractivity contribution >= 4 is 23.2 Å². The molecule has 36 heavy (non-hydrogen) atoms. The lowest BCUT2D eigenvalue weighted by molar-refractivity contribution is -0.122. The van der Waals surface area contributed by atoms with Crippen molar-refractivity contribution in [2.45, 2.75) is 26.8 Å². The maximum Gasteiger partial charge on any atom is 0.241 e. The van der Waals surface area contributed by atoms with E-state index in [2.05, 4.69) is 20.4 Å². The number of nitrogens with zero attached hydrogens (tertiary/aromatic N) is 2. The van der Waals surface area contributed by atoms with Crippen LogP contribution in [0.2, 0.25) is 0 Å². The second-order valence-corrected chi connectivity index (χ2v) is 9.21. The molecule has 1 aliphatic heterocycles. The van der Waals surface area contributed by atoms with Crippen LogP contribution in [0.1, 0.15) is 18.1 Å². The number of nitrogens with one attached hydrogen (secondary N) is 2. The monoisotopic (exact) mass is 486 g/mol. The Bertz CT molecular complexity index is 1170. The van der Waals surface area contributed by atoms with E-state index in [9.17, 15) is 9.59 Å². The number of hydrogen-bond donors (Lipinski definition) is 2. The minimum absolute atomic E-state index is 0.0115. The quantitative estimate of drug-likeness (QED) is 0.484. The van der Waals surface area contributed by atoms with Gasteiger partial charge in [0.05, 0.1) is 12.6 Å². The number of piperazine rings is 1. The predicted octanol–water partition coefficient (Wildman–Crippen LogP) is 4.68. The molecule has 0 bridgehead atoms. The first kappa shape index (κ1) is 25.4. The summed E-state index contributed by atoms with van der Waals surface area (Å²) < 4.78 is 5.81. The summed E-state index contributed by atoms with van der Waals surface area (Å²) >= 11 is 0. The van der Waals surface area contributed by atoms with E-state index in [0.29, 0.717) is 12.3 Å². The summed E-state index contributed by atoms with van der Waals surface area (Å²) in [5.41, 5.74) is 3.84. The van der Waals surface area contributed by atoms with Gasteiger partial charge in [-0.1, -0.05) is 30.3 Å². The Hall–Kier alpha value is -3.68. The van der Waals surface area contributed by atoms with E-state index < -0.39 is 0 Å². The van der Waals surface area contributed by atoms with E-state index in [0.717, 1.165) is 54.4 Å². The molecule has 0 radical (unpaired) electrons. The SMILES string of the molecule is Cc1cccc(NC(=O)CN2CCN([C@H](C)C(=O)Nc3ccc(Oc4ccccc4)cc3)CC2)c1C. The van der Waals surface area contributed by atoms with Gasteiger partial charge in [-0.25, -0.2) is 0 Å². The van der Waals surface area contributed by atoms with Gasteiger partial charge in [0.2, 0.25) is 11.8 Å². The Morgan fingerprint density at radius 1 is 0.833 bits per heavy atom. The Labute approximate surface area is 213 Å². The summed E-state index contributed by atoms with van der Waals surface area (Å²) in [7, 11) is 0. The maximum absolute atomic E-state index is 12.8. The fourth-order valence-corrected chi connectivity index (χ4v) is 4.23. The number of amides is 2. The fourth-order valence-electron chi connectivity index (χ4n) is 4.23. The average Bonchev–Trinajstić information content (AvgIpc) is 2.88. The summed E-state index contributed by atoms with van der Waals surface area (Å²) in [4.78, 5) is 29.7. The molecule has 0 unspecified atom stereocenters. The van der Waals surface area contributed by atoms with Gasteiger partial charge in [0, 0.05) is 37.6 Å². The first-order valence-corrected chi connectivity index (χ1v) is 12.4. The standard InChI is InChI=1S/C29H34N4O3/c1-21-8-7-11-27(22(21)2)31-28(34)20-32-16-18-33(19-17-32)23(3)29(35)30-24-12-14-26(15-13-24)36-25-9-5-4-6-10-25/h4-15,23H,16-20H2,1-3H3,(H,30,35)(H,31,34)/t23-/m1/s1. The smallest absolute Gasteiger partial charge is 0.241 e. The average molecular weight is 487 g/mol. The summed E-state index contributed by atoms with van der Waals surface area (Å²) in [6.45, 7) is 9.27. The number of benzene rings is 3. The Morgan fingerprint density at radius 3 is 2.19 bits per heavy atom. The molecule has 7 heteroatoms. The number of aryl methyl sites for hydroxylation is 1. The number of hydrogen-bond acceptors (Lipinski definition) is 5. The third-order valence-corrected chi connectivity index (χ3v) is 6.68. The molecule has 3 aromatic rings. The number of rotatable bonds is 8. The van der Waals surface area contributed by atoms with Crippen LogP contribution in [0.15, 0.2) is 72.8 Å².